The lowest BCUT2D eigenvalue weighted by Gasteiger charge is -2.35. The Morgan fingerprint density at radius 2 is 1.90 bits per heavy atom. The quantitative estimate of drug-likeness (QED) is 0.265. The smallest absolute Gasteiger partial charge is 0.261 e. The SMILES string of the molecule is CCCCC(Cc1c[nH]c2ccccc12)NC(=O)c1cc2ccc(N3CCN(S(=O)(=O)C4CC4)CC3)cc2s1. The number of H-pyrrole nitrogens is 1. The van der Waals surface area contributed by atoms with E-state index in [0.29, 0.717) is 26.2 Å². The number of thiophene rings is 1. The Labute approximate surface area is 234 Å². The highest BCUT2D eigenvalue weighted by Crippen LogP contribution is 2.33. The summed E-state index contributed by atoms with van der Waals surface area (Å²) < 4.78 is 27.9. The molecule has 2 aromatic carbocycles. The van der Waals surface area contributed by atoms with E-state index in [1.54, 1.807) is 4.31 Å². The van der Waals surface area contributed by atoms with Gasteiger partial charge >= 0.3 is 0 Å². The summed E-state index contributed by atoms with van der Waals surface area (Å²) in [6.45, 7) is 4.61. The highest BCUT2D eigenvalue weighted by molar-refractivity contribution is 7.90. The van der Waals surface area contributed by atoms with E-state index >= 15 is 0 Å². The van der Waals surface area contributed by atoms with Crippen LogP contribution in [-0.4, -0.2) is 61.1 Å². The minimum Gasteiger partial charge on any atom is -0.369 e. The van der Waals surface area contributed by atoms with E-state index in [9.17, 15) is 13.2 Å². The number of nitrogens with one attached hydrogen (secondary N) is 2. The molecule has 1 amide bonds. The Bertz CT molecular complexity index is 1580. The van der Waals surface area contributed by atoms with Gasteiger partial charge in [0.15, 0.2) is 0 Å². The molecule has 1 atom stereocenters. The molecule has 9 heteroatoms. The standard InChI is InChI=1S/C30H36N4O3S2/c1-2-3-6-23(17-22-20-31-27-8-5-4-7-26(22)27)32-30(35)29-18-21-9-10-24(19-28(21)38-29)33-13-15-34(16-14-33)39(36,37)25-11-12-25/h4-5,7-10,18-20,23,25,31H,2-3,6,11-17H2,1H3,(H,32,35). The van der Waals surface area contributed by atoms with Crippen LogP contribution in [0.5, 0.6) is 0 Å². The fraction of sp³-hybridized carbons (Fsp3) is 0.433. The van der Waals surface area contributed by atoms with Gasteiger partial charge in [0, 0.05) is 59.7 Å². The van der Waals surface area contributed by atoms with Gasteiger partial charge in [-0.25, -0.2) is 8.42 Å². The highest BCUT2D eigenvalue weighted by atomic mass is 32.2. The number of para-hydroxylation sites is 1. The molecular formula is C30H36N4O3S2. The second kappa shape index (κ2) is 10.9. The van der Waals surface area contributed by atoms with Crippen molar-refractivity contribution in [1.29, 1.82) is 0 Å². The molecule has 39 heavy (non-hydrogen) atoms. The lowest BCUT2D eigenvalue weighted by Crippen LogP contribution is -2.49. The lowest BCUT2D eigenvalue weighted by molar-refractivity contribution is 0.0938. The number of hydrogen-bond acceptors (Lipinski definition) is 5. The van der Waals surface area contributed by atoms with E-state index in [4.69, 9.17) is 0 Å². The second-order valence-corrected chi connectivity index (χ2v) is 14.1. The summed E-state index contributed by atoms with van der Waals surface area (Å²) in [5.74, 6) is -0.0161. The second-order valence-electron chi connectivity index (χ2n) is 10.8. The molecule has 1 aliphatic heterocycles. The molecular weight excluding hydrogens is 528 g/mol. The van der Waals surface area contributed by atoms with Gasteiger partial charge in [0.05, 0.1) is 10.1 Å². The van der Waals surface area contributed by atoms with Gasteiger partial charge in [-0.2, -0.15) is 4.31 Å². The Morgan fingerprint density at radius 1 is 1.10 bits per heavy atom. The average Bonchev–Trinajstić information content (AvgIpc) is 3.62. The van der Waals surface area contributed by atoms with Crippen molar-refractivity contribution in [3.8, 4) is 0 Å². The summed E-state index contributed by atoms with van der Waals surface area (Å²) in [4.78, 5) is 19.7. The van der Waals surface area contributed by atoms with Crippen LogP contribution in [0.25, 0.3) is 21.0 Å². The van der Waals surface area contributed by atoms with Gasteiger partial charge in [-0.3, -0.25) is 4.79 Å². The number of hydrogen-bond donors (Lipinski definition) is 2. The summed E-state index contributed by atoms with van der Waals surface area (Å²) in [6.07, 6.45) is 7.57. The number of anilines is 1. The third-order valence-electron chi connectivity index (χ3n) is 8.02. The van der Waals surface area contributed by atoms with E-state index in [1.165, 1.54) is 22.3 Å². The maximum Gasteiger partial charge on any atom is 0.261 e. The largest absolute Gasteiger partial charge is 0.369 e. The Hall–Kier alpha value is -2.88. The third-order valence-corrected chi connectivity index (χ3v) is 11.5. The first-order valence-corrected chi connectivity index (χ1v) is 16.4. The molecule has 2 fully saturated rings. The third kappa shape index (κ3) is 5.58. The lowest BCUT2D eigenvalue weighted by atomic mass is 10.0. The minimum absolute atomic E-state index is 0.0161. The maximum atomic E-state index is 13.4. The molecule has 0 radical (unpaired) electrons. The predicted molar refractivity (Wildman–Crippen MR) is 160 cm³/mol. The van der Waals surface area contributed by atoms with Gasteiger partial charge in [0.2, 0.25) is 10.0 Å². The maximum absolute atomic E-state index is 13.4. The first-order valence-electron chi connectivity index (χ1n) is 14.1. The van der Waals surface area contributed by atoms with E-state index in [0.717, 1.165) is 64.7 Å². The normalized spacial score (nSPS) is 17.6. The number of aromatic amines is 1. The zero-order valence-corrected chi connectivity index (χ0v) is 24.0. The number of amides is 1. The van der Waals surface area contributed by atoms with Gasteiger partial charge in [-0.1, -0.05) is 44.0 Å². The van der Waals surface area contributed by atoms with E-state index < -0.39 is 10.0 Å². The van der Waals surface area contributed by atoms with Crippen LogP contribution in [-0.2, 0) is 16.4 Å². The van der Waals surface area contributed by atoms with E-state index in [2.05, 4.69) is 64.7 Å². The summed E-state index contributed by atoms with van der Waals surface area (Å²) in [7, 11) is -3.12. The molecule has 0 bridgehead atoms. The molecule has 1 unspecified atom stereocenters. The molecule has 2 aromatic heterocycles. The molecule has 4 aromatic rings. The topological polar surface area (TPSA) is 85.5 Å². The fourth-order valence-corrected chi connectivity index (χ4v) is 8.43. The zero-order valence-electron chi connectivity index (χ0n) is 22.4. The summed E-state index contributed by atoms with van der Waals surface area (Å²) in [5, 5.41) is 5.45. The number of nitrogens with zero attached hydrogens (tertiary/aromatic N) is 2. The zero-order chi connectivity index (χ0) is 27.0. The van der Waals surface area contributed by atoms with Gasteiger partial charge in [0.25, 0.3) is 5.91 Å². The number of rotatable bonds is 10. The molecule has 206 valence electrons. The number of unbranched alkanes of at least 4 members (excludes halogenated alkanes) is 1. The number of piperazine rings is 1. The molecule has 6 rings (SSSR count). The van der Waals surface area contributed by atoms with Crippen LogP contribution in [0.1, 0.15) is 54.3 Å². The van der Waals surface area contributed by atoms with Crippen LogP contribution in [0.4, 0.5) is 5.69 Å². The first-order chi connectivity index (χ1) is 18.9. The van der Waals surface area contributed by atoms with Crippen LogP contribution < -0.4 is 10.2 Å². The summed E-state index contributed by atoms with van der Waals surface area (Å²) in [6, 6.07) is 16.7. The number of sulfonamides is 1. The Balaban J connectivity index is 1.13. The van der Waals surface area contributed by atoms with E-state index in [-0.39, 0.29) is 17.2 Å². The van der Waals surface area contributed by atoms with Gasteiger partial charge in [-0.05, 0) is 60.9 Å². The Kier molecular flexibility index (Phi) is 7.39. The molecule has 1 saturated heterocycles. The summed E-state index contributed by atoms with van der Waals surface area (Å²) in [5.41, 5.74) is 3.44. The van der Waals surface area contributed by atoms with Crippen molar-refractivity contribution < 1.29 is 13.2 Å². The van der Waals surface area contributed by atoms with Crippen molar-refractivity contribution >= 4 is 53.9 Å². The van der Waals surface area contributed by atoms with Crippen molar-refractivity contribution in [3.63, 3.8) is 0 Å². The number of fused-ring (bicyclic) bond motifs is 2. The molecule has 0 spiro atoms. The molecule has 1 saturated carbocycles. The average molecular weight is 565 g/mol. The van der Waals surface area contributed by atoms with Gasteiger partial charge in [0.1, 0.15) is 0 Å². The monoisotopic (exact) mass is 564 g/mol. The van der Waals surface area contributed by atoms with Crippen molar-refractivity contribution in [2.75, 3.05) is 31.1 Å². The molecule has 2 N–H and O–H groups in total. The molecule has 3 heterocycles. The number of benzene rings is 2. The summed E-state index contributed by atoms with van der Waals surface area (Å²) >= 11 is 1.53. The van der Waals surface area contributed by atoms with Crippen LogP contribution in [0.2, 0.25) is 0 Å². The van der Waals surface area contributed by atoms with Crippen molar-refractivity contribution in [2.24, 2.45) is 0 Å². The number of aromatic nitrogens is 1. The Morgan fingerprint density at radius 3 is 2.67 bits per heavy atom. The van der Waals surface area contributed by atoms with Crippen LogP contribution in [0.15, 0.2) is 54.7 Å². The van der Waals surface area contributed by atoms with Crippen molar-refractivity contribution in [2.45, 2.75) is 56.7 Å². The van der Waals surface area contributed by atoms with Gasteiger partial charge < -0.3 is 15.2 Å². The van der Waals surface area contributed by atoms with E-state index in [1.807, 2.05) is 12.1 Å². The molecule has 7 nitrogen and oxygen atoms in total. The molecule has 1 aliphatic carbocycles. The van der Waals surface area contributed by atoms with Crippen LogP contribution in [0.3, 0.4) is 0 Å². The van der Waals surface area contributed by atoms with Crippen LogP contribution >= 0.6 is 11.3 Å². The number of carbonyl (C=O) groups excluding carboxylic acids is 1. The molecule has 2 aliphatic rings. The number of carbonyl (C=O) groups is 1. The van der Waals surface area contributed by atoms with Crippen LogP contribution in [0, 0.1) is 0 Å². The predicted octanol–water partition coefficient (Wildman–Crippen LogP) is 5.53. The van der Waals surface area contributed by atoms with Crippen molar-refractivity contribution in [1.82, 2.24) is 14.6 Å². The fourth-order valence-electron chi connectivity index (χ4n) is 5.60. The minimum atomic E-state index is -3.12. The first kappa shape index (κ1) is 26.3. The highest BCUT2D eigenvalue weighted by Gasteiger charge is 2.41. The van der Waals surface area contributed by atoms with Crippen molar-refractivity contribution in [3.05, 3.63) is 65.2 Å². The van der Waals surface area contributed by atoms with Gasteiger partial charge in [-0.15, -0.1) is 11.3 Å².